The minimum absolute atomic E-state index is 0.155. The molecule has 0 bridgehead atoms. The maximum atomic E-state index is 13.6. The number of hydrogen-bond donors (Lipinski definition) is 0. The Morgan fingerprint density at radius 2 is 1.82 bits per heavy atom. The number of nitrogens with zero attached hydrogens (tertiary/aromatic N) is 5. The van der Waals surface area contributed by atoms with Gasteiger partial charge in [-0.3, -0.25) is 9.78 Å². The number of halogens is 1. The molecule has 0 unspecified atom stereocenters. The minimum Gasteiger partial charge on any atom is -0.495 e. The highest BCUT2D eigenvalue weighted by Gasteiger charge is 2.27. The van der Waals surface area contributed by atoms with Crippen LogP contribution in [0.5, 0.6) is 5.75 Å². The number of amides is 1. The molecule has 0 N–H and O–H groups in total. The van der Waals surface area contributed by atoms with Crippen LogP contribution in [0.15, 0.2) is 71.9 Å². The van der Waals surface area contributed by atoms with E-state index in [2.05, 4.69) is 40.4 Å². The second-order valence-corrected chi connectivity index (χ2v) is 10.9. The zero-order valence-corrected chi connectivity index (χ0v) is 23.8. The second-order valence-electron chi connectivity index (χ2n) is 9.62. The SMILES string of the molecule is COc1ccc(-c2nc(-c3ccncc3)nn2CCN(C(=O)Cc2ccc(SC)cc2)C2CCCC2)cc1Cl. The molecule has 39 heavy (non-hydrogen) atoms. The van der Waals surface area contributed by atoms with Crippen LogP contribution in [-0.2, 0) is 17.8 Å². The van der Waals surface area contributed by atoms with Crippen molar-refractivity contribution in [3.05, 3.63) is 77.6 Å². The van der Waals surface area contributed by atoms with Gasteiger partial charge in [0.05, 0.1) is 25.1 Å². The van der Waals surface area contributed by atoms with Crippen LogP contribution in [0.1, 0.15) is 31.2 Å². The van der Waals surface area contributed by atoms with E-state index in [1.54, 1.807) is 31.3 Å². The monoisotopic (exact) mass is 561 g/mol. The Morgan fingerprint density at radius 3 is 2.49 bits per heavy atom. The van der Waals surface area contributed by atoms with Gasteiger partial charge in [-0.15, -0.1) is 11.8 Å². The van der Waals surface area contributed by atoms with Crippen molar-refractivity contribution in [1.82, 2.24) is 24.6 Å². The number of aromatic nitrogens is 4. The summed E-state index contributed by atoms with van der Waals surface area (Å²) in [5, 5.41) is 5.36. The Morgan fingerprint density at radius 1 is 1.08 bits per heavy atom. The molecular formula is C30H32ClN5O2S. The average Bonchev–Trinajstić information content (AvgIpc) is 3.65. The van der Waals surface area contributed by atoms with Gasteiger partial charge in [0.25, 0.3) is 0 Å². The lowest BCUT2D eigenvalue weighted by Gasteiger charge is -2.29. The number of carbonyl (C=O) groups excluding carboxylic acids is 1. The van der Waals surface area contributed by atoms with Gasteiger partial charge in [0.2, 0.25) is 5.91 Å². The number of methoxy groups -OCH3 is 1. The van der Waals surface area contributed by atoms with Crippen LogP contribution in [0.25, 0.3) is 22.8 Å². The summed E-state index contributed by atoms with van der Waals surface area (Å²) < 4.78 is 7.22. The van der Waals surface area contributed by atoms with Crippen LogP contribution in [0, 0.1) is 0 Å². The van der Waals surface area contributed by atoms with Gasteiger partial charge in [0.15, 0.2) is 11.6 Å². The fourth-order valence-electron chi connectivity index (χ4n) is 5.09. The highest BCUT2D eigenvalue weighted by atomic mass is 35.5. The van der Waals surface area contributed by atoms with Crippen LogP contribution in [0.3, 0.4) is 0 Å². The maximum Gasteiger partial charge on any atom is 0.227 e. The summed E-state index contributed by atoms with van der Waals surface area (Å²) >= 11 is 8.16. The Labute approximate surface area is 238 Å². The van der Waals surface area contributed by atoms with Crippen molar-refractivity contribution >= 4 is 29.3 Å². The first kappa shape index (κ1) is 27.2. The number of thioether (sulfide) groups is 1. The van der Waals surface area contributed by atoms with Crippen molar-refractivity contribution in [2.24, 2.45) is 0 Å². The molecule has 9 heteroatoms. The van der Waals surface area contributed by atoms with Crippen molar-refractivity contribution in [3.8, 4) is 28.5 Å². The average molecular weight is 562 g/mol. The van der Waals surface area contributed by atoms with E-state index in [9.17, 15) is 4.79 Å². The van der Waals surface area contributed by atoms with E-state index < -0.39 is 0 Å². The van der Waals surface area contributed by atoms with E-state index in [4.69, 9.17) is 26.4 Å². The molecule has 0 saturated heterocycles. The molecule has 1 amide bonds. The molecule has 7 nitrogen and oxygen atoms in total. The van der Waals surface area contributed by atoms with Crippen LogP contribution in [0.2, 0.25) is 5.02 Å². The first-order chi connectivity index (χ1) is 19.1. The lowest BCUT2D eigenvalue weighted by atomic mass is 10.1. The van der Waals surface area contributed by atoms with Crippen LogP contribution in [-0.4, -0.2) is 56.5 Å². The summed E-state index contributed by atoms with van der Waals surface area (Å²) in [7, 11) is 1.59. The van der Waals surface area contributed by atoms with Crippen molar-refractivity contribution in [2.45, 2.75) is 49.6 Å². The predicted molar refractivity (Wildman–Crippen MR) is 156 cm³/mol. The molecule has 0 radical (unpaired) electrons. The minimum atomic E-state index is 0.155. The summed E-state index contributed by atoms with van der Waals surface area (Å²) in [4.78, 5) is 25.9. The molecule has 1 aliphatic rings. The van der Waals surface area contributed by atoms with Gasteiger partial charge >= 0.3 is 0 Å². The van der Waals surface area contributed by atoms with Crippen LogP contribution >= 0.6 is 23.4 Å². The van der Waals surface area contributed by atoms with Crippen molar-refractivity contribution in [3.63, 3.8) is 0 Å². The smallest absolute Gasteiger partial charge is 0.227 e. The predicted octanol–water partition coefficient (Wildman–Crippen LogP) is 6.40. The molecule has 1 fully saturated rings. The third-order valence-corrected chi connectivity index (χ3v) is 8.21. The molecular weight excluding hydrogens is 530 g/mol. The molecule has 1 aliphatic carbocycles. The van der Waals surface area contributed by atoms with Crippen molar-refractivity contribution in [1.29, 1.82) is 0 Å². The lowest BCUT2D eigenvalue weighted by Crippen LogP contribution is -2.42. The van der Waals surface area contributed by atoms with E-state index >= 15 is 0 Å². The first-order valence-electron chi connectivity index (χ1n) is 13.2. The van der Waals surface area contributed by atoms with Gasteiger partial charge in [0, 0.05) is 41.0 Å². The first-order valence-corrected chi connectivity index (χ1v) is 14.8. The van der Waals surface area contributed by atoms with Crippen molar-refractivity contribution < 1.29 is 9.53 Å². The van der Waals surface area contributed by atoms with E-state index in [-0.39, 0.29) is 11.9 Å². The van der Waals surface area contributed by atoms with Gasteiger partial charge in [-0.25, -0.2) is 9.67 Å². The number of benzene rings is 2. The molecule has 4 aromatic rings. The summed E-state index contributed by atoms with van der Waals surface area (Å²) in [6, 6.07) is 17.9. The standard InChI is InChI=1S/C30H32ClN5O2S/c1-38-27-12-9-23(20-26(27)31)30-33-29(22-13-15-32-16-14-22)34-36(30)18-17-35(24-5-3-4-6-24)28(37)19-21-7-10-25(39-2)11-8-21/h7-16,20,24H,3-6,17-19H2,1-2H3. The second kappa shape index (κ2) is 12.7. The van der Waals surface area contributed by atoms with Gasteiger partial charge in [0.1, 0.15) is 5.75 Å². The topological polar surface area (TPSA) is 73.1 Å². The quantitative estimate of drug-likeness (QED) is 0.208. The number of rotatable bonds is 10. The molecule has 0 aliphatic heterocycles. The highest BCUT2D eigenvalue weighted by Crippen LogP contribution is 2.31. The molecule has 0 atom stereocenters. The third-order valence-electron chi connectivity index (χ3n) is 7.17. The summed E-state index contributed by atoms with van der Waals surface area (Å²) in [6.07, 6.45) is 10.3. The molecule has 5 rings (SSSR count). The molecule has 2 heterocycles. The normalized spacial score (nSPS) is 13.5. The lowest BCUT2D eigenvalue weighted by molar-refractivity contribution is -0.132. The Bertz CT molecular complexity index is 1400. The molecule has 2 aromatic heterocycles. The van der Waals surface area contributed by atoms with Gasteiger partial charge < -0.3 is 9.64 Å². The molecule has 0 spiro atoms. The maximum absolute atomic E-state index is 13.6. The van der Waals surface area contributed by atoms with E-state index in [1.165, 1.54) is 4.90 Å². The summed E-state index contributed by atoms with van der Waals surface area (Å²) in [5.41, 5.74) is 2.75. The van der Waals surface area contributed by atoms with Gasteiger partial charge in [-0.2, -0.15) is 5.10 Å². The Kier molecular flexibility index (Phi) is 8.84. The zero-order valence-electron chi connectivity index (χ0n) is 22.2. The van der Waals surface area contributed by atoms with Crippen molar-refractivity contribution in [2.75, 3.05) is 19.9 Å². The highest BCUT2D eigenvalue weighted by molar-refractivity contribution is 7.98. The van der Waals surface area contributed by atoms with E-state index in [1.807, 2.05) is 35.0 Å². The van der Waals surface area contributed by atoms with E-state index in [0.29, 0.717) is 41.9 Å². The number of hydrogen-bond acceptors (Lipinski definition) is 6. The Hall–Kier alpha value is -3.36. The number of pyridine rings is 1. The molecule has 1 saturated carbocycles. The molecule has 202 valence electrons. The fraction of sp³-hybridized carbons (Fsp3) is 0.333. The number of carbonyl (C=O) groups is 1. The molecule has 2 aromatic carbocycles. The number of ether oxygens (including phenoxy) is 1. The summed E-state index contributed by atoms with van der Waals surface area (Å²) in [6.45, 7) is 1.08. The zero-order chi connectivity index (χ0) is 27.2. The van der Waals surface area contributed by atoms with E-state index in [0.717, 1.165) is 42.4 Å². The van der Waals surface area contributed by atoms with Gasteiger partial charge in [-0.05, 0) is 67.1 Å². The Balaban J connectivity index is 1.42. The van der Waals surface area contributed by atoms with Crippen LogP contribution in [0.4, 0.5) is 0 Å². The van der Waals surface area contributed by atoms with Gasteiger partial charge in [-0.1, -0.05) is 36.6 Å². The third kappa shape index (κ3) is 6.45. The largest absolute Gasteiger partial charge is 0.495 e. The summed E-state index contributed by atoms with van der Waals surface area (Å²) in [5.74, 6) is 2.05. The van der Waals surface area contributed by atoms with Crippen LogP contribution < -0.4 is 4.74 Å². The fourth-order valence-corrected chi connectivity index (χ4v) is 5.76.